The fourth-order valence-electron chi connectivity index (χ4n) is 3.14. The normalized spacial score (nSPS) is 21.3. The predicted molar refractivity (Wildman–Crippen MR) is 84.4 cm³/mol. The van der Waals surface area contributed by atoms with E-state index in [9.17, 15) is 4.79 Å². The van der Waals surface area contributed by atoms with Gasteiger partial charge in [0.1, 0.15) is 6.10 Å². The van der Waals surface area contributed by atoms with E-state index in [1.165, 1.54) is 0 Å². The van der Waals surface area contributed by atoms with Gasteiger partial charge in [0.25, 0.3) is 0 Å². The molecule has 2 aromatic rings. The fourth-order valence-corrected chi connectivity index (χ4v) is 3.14. The van der Waals surface area contributed by atoms with Crippen LogP contribution in [0.3, 0.4) is 0 Å². The van der Waals surface area contributed by atoms with E-state index in [2.05, 4.69) is 15.5 Å². The van der Waals surface area contributed by atoms with Crippen LogP contribution < -0.4 is 5.32 Å². The quantitative estimate of drug-likeness (QED) is 0.921. The monoisotopic (exact) mass is 317 g/mol. The molecule has 0 aliphatic carbocycles. The van der Waals surface area contributed by atoms with Gasteiger partial charge in [0.15, 0.2) is 0 Å². The SMILES string of the molecule is Cc1nn(C)cc1CNC(=O)[C@@H]1CCCO[C@H]1c1ccnn1C. The second kappa shape index (κ2) is 6.54. The van der Waals surface area contributed by atoms with Crippen molar-refractivity contribution in [3.8, 4) is 0 Å². The summed E-state index contributed by atoms with van der Waals surface area (Å²) < 4.78 is 9.42. The van der Waals surface area contributed by atoms with Gasteiger partial charge in [-0.25, -0.2) is 0 Å². The molecule has 3 rings (SSSR count). The molecule has 1 aliphatic rings. The summed E-state index contributed by atoms with van der Waals surface area (Å²) in [6.07, 6.45) is 5.17. The number of nitrogens with zero attached hydrogens (tertiary/aromatic N) is 4. The lowest BCUT2D eigenvalue weighted by molar-refractivity contribution is -0.135. The molecule has 0 aromatic carbocycles. The molecule has 7 nitrogen and oxygen atoms in total. The number of aryl methyl sites for hydroxylation is 3. The Morgan fingerprint density at radius 1 is 1.48 bits per heavy atom. The molecule has 0 radical (unpaired) electrons. The van der Waals surface area contributed by atoms with Gasteiger partial charge in [-0.2, -0.15) is 10.2 Å². The first-order valence-electron chi connectivity index (χ1n) is 7.92. The number of aromatic nitrogens is 4. The van der Waals surface area contributed by atoms with E-state index in [0.717, 1.165) is 29.8 Å². The highest BCUT2D eigenvalue weighted by atomic mass is 16.5. The van der Waals surface area contributed by atoms with Gasteiger partial charge in [-0.3, -0.25) is 14.2 Å². The minimum atomic E-state index is -0.230. The van der Waals surface area contributed by atoms with Crippen LogP contribution in [0, 0.1) is 12.8 Å². The van der Waals surface area contributed by atoms with Crippen molar-refractivity contribution in [2.45, 2.75) is 32.4 Å². The lowest BCUT2D eigenvalue weighted by atomic mass is 9.91. The molecule has 0 spiro atoms. The molecule has 3 heterocycles. The number of rotatable bonds is 4. The van der Waals surface area contributed by atoms with Crippen molar-refractivity contribution in [1.29, 1.82) is 0 Å². The summed E-state index contributed by atoms with van der Waals surface area (Å²) in [5.41, 5.74) is 2.92. The molecular weight excluding hydrogens is 294 g/mol. The van der Waals surface area contributed by atoms with Crippen molar-refractivity contribution >= 4 is 5.91 Å². The second-order valence-electron chi connectivity index (χ2n) is 6.05. The number of hydrogen-bond donors (Lipinski definition) is 1. The van der Waals surface area contributed by atoms with Crippen LogP contribution in [0.2, 0.25) is 0 Å². The lowest BCUT2D eigenvalue weighted by Gasteiger charge is -2.30. The molecule has 124 valence electrons. The summed E-state index contributed by atoms with van der Waals surface area (Å²) in [5, 5.41) is 11.5. The van der Waals surface area contributed by atoms with Gasteiger partial charge >= 0.3 is 0 Å². The average molecular weight is 317 g/mol. The summed E-state index contributed by atoms with van der Waals surface area (Å²) in [5.74, 6) is -0.157. The Balaban J connectivity index is 1.69. The van der Waals surface area contributed by atoms with Gasteiger partial charge in [-0.15, -0.1) is 0 Å². The van der Waals surface area contributed by atoms with Gasteiger partial charge in [0, 0.05) is 45.2 Å². The number of nitrogens with one attached hydrogen (secondary N) is 1. The Hall–Kier alpha value is -2.15. The maximum absolute atomic E-state index is 12.7. The number of ether oxygens (including phenoxy) is 1. The third-order valence-electron chi connectivity index (χ3n) is 4.38. The Kier molecular flexibility index (Phi) is 4.47. The largest absolute Gasteiger partial charge is 0.371 e. The Morgan fingerprint density at radius 2 is 2.30 bits per heavy atom. The van der Waals surface area contributed by atoms with Crippen LogP contribution in [0.1, 0.15) is 35.9 Å². The summed E-state index contributed by atoms with van der Waals surface area (Å²) in [4.78, 5) is 12.7. The van der Waals surface area contributed by atoms with Crippen LogP contribution >= 0.6 is 0 Å². The number of hydrogen-bond acceptors (Lipinski definition) is 4. The molecule has 0 saturated carbocycles. The lowest BCUT2D eigenvalue weighted by Crippen LogP contribution is -2.38. The van der Waals surface area contributed by atoms with Crippen LogP contribution in [0.4, 0.5) is 0 Å². The van der Waals surface area contributed by atoms with E-state index < -0.39 is 0 Å². The molecule has 0 bridgehead atoms. The molecule has 7 heteroatoms. The van der Waals surface area contributed by atoms with Gasteiger partial charge in [-0.05, 0) is 25.8 Å². The van der Waals surface area contributed by atoms with Crippen molar-refractivity contribution in [3.05, 3.63) is 35.4 Å². The standard InChI is InChI=1S/C16H23N5O2/c1-11-12(10-20(2)19-11)9-17-16(22)13-5-4-8-23-15(13)14-6-7-18-21(14)3/h6-7,10,13,15H,4-5,8-9H2,1-3H3,(H,17,22)/t13-,15-/m1/s1. The highest BCUT2D eigenvalue weighted by Gasteiger charge is 2.34. The van der Waals surface area contributed by atoms with Crippen molar-refractivity contribution in [3.63, 3.8) is 0 Å². The van der Waals surface area contributed by atoms with Crippen LogP contribution in [0.5, 0.6) is 0 Å². The highest BCUT2D eigenvalue weighted by molar-refractivity contribution is 5.79. The van der Waals surface area contributed by atoms with Crippen LogP contribution in [0.15, 0.2) is 18.5 Å². The zero-order valence-electron chi connectivity index (χ0n) is 13.8. The Bertz CT molecular complexity index is 690. The second-order valence-corrected chi connectivity index (χ2v) is 6.05. The molecule has 1 saturated heterocycles. The fraction of sp³-hybridized carbons (Fsp3) is 0.562. The minimum absolute atomic E-state index is 0.0270. The summed E-state index contributed by atoms with van der Waals surface area (Å²) >= 11 is 0. The van der Waals surface area contributed by atoms with Gasteiger partial charge < -0.3 is 10.1 Å². The molecule has 1 N–H and O–H groups in total. The zero-order valence-corrected chi connectivity index (χ0v) is 13.8. The summed E-state index contributed by atoms with van der Waals surface area (Å²) in [6, 6.07) is 1.92. The zero-order chi connectivity index (χ0) is 16.4. The first-order chi connectivity index (χ1) is 11.1. The smallest absolute Gasteiger partial charge is 0.226 e. The van der Waals surface area contributed by atoms with Crippen molar-refractivity contribution < 1.29 is 9.53 Å². The van der Waals surface area contributed by atoms with Crippen LogP contribution in [-0.2, 0) is 30.2 Å². The van der Waals surface area contributed by atoms with E-state index >= 15 is 0 Å². The van der Waals surface area contributed by atoms with Crippen molar-refractivity contribution in [2.24, 2.45) is 20.0 Å². The van der Waals surface area contributed by atoms with Crippen molar-refractivity contribution in [2.75, 3.05) is 6.61 Å². The molecule has 0 unspecified atom stereocenters. The molecular formula is C16H23N5O2. The van der Waals surface area contributed by atoms with E-state index in [-0.39, 0.29) is 17.9 Å². The maximum atomic E-state index is 12.7. The Morgan fingerprint density at radius 3 is 2.96 bits per heavy atom. The first-order valence-corrected chi connectivity index (χ1v) is 7.92. The van der Waals surface area contributed by atoms with E-state index in [1.807, 2.05) is 33.3 Å². The number of carbonyl (C=O) groups is 1. The van der Waals surface area contributed by atoms with Gasteiger partial charge in [0.05, 0.1) is 17.3 Å². The molecule has 2 aromatic heterocycles. The average Bonchev–Trinajstić information content (AvgIpc) is 3.10. The van der Waals surface area contributed by atoms with Gasteiger partial charge in [-0.1, -0.05) is 0 Å². The summed E-state index contributed by atoms with van der Waals surface area (Å²) in [7, 11) is 3.76. The highest BCUT2D eigenvalue weighted by Crippen LogP contribution is 2.33. The third kappa shape index (κ3) is 3.29. The van der Waals surface area contributed by atoms with E-state index in [0.29, 0.717) is 13.2 Å². The molecule has 1 amide bonds. The van der Waals surface area contributed by atoms with E-state index in [4.69, 9.17) is 4.74 Å². The number of amides is 1. The minimum Gasteiger partial charge on any atom is -0.371 e. The molecule has 23 heavy (non-hydrogen) atoms. The number of carbonyl (C=O) groups excluding carboxylic acids is 1. The molecule has 1 aliphatic heterocycles. The first kappa shape index (κ1) is 15.7. The van der Waals surface area contributed by atoms with E-state index in [1.54, 1.807) is 15.6 Å². The van der Waals surface area contributed by atoms with Gasteiger partial charge in [0.2, 0.25) is 5.91 Å². The molecule has 1 fully saturated rings. The van der Waals surface area contributed by atoms with Crippen molar-refractivity contribution in [1.82, 2.24) is 24.9 Å². The molecule has 2 atom stereocenters. The van der Waals surface area contributed by atoms with Crippen LogP contribution in [0.25, 0.3) is 0 Å². The Labute approximate surface area is 135 Å². The summed E-state index contributed by atoms with van der Waals surface area (Å²) in [6.45, 7) is 3.12. The topological polar surface area (TPSA) is 74.0 Å². The third-order valence-corrected chi connectivity index (χ3v) is 4.38. The predicted octanol–water partition coefficient (Wildman–Crippen LogP) is 1.25. The van der Waals surface area contributed by atoms with Crippen LogP contribution in [-0.4, -0.2) is 32.1 Å². The maximum Gasteiger partial charge on any atom is 0.226 e.